The van der Waals surface area contributed by atoms with E-state index in [9.17, 15) is 4.79 Å². The van der Waals surface area contributed by atoms with Gasteiger partial charge in [-0.2, -0.15) is 0 Å². The third-order valence-electron chi connectivity index (χ3n) is 2.12. The van der Waals surface area contributed by atoms with Gasteiger partial charge in [0.05, 0.1) is 6.61 Å². The van der Waals surface area contributed by atoms with Crippen molar-refractivity contribution in [2.24, 2.45) is 5.73 Å². The van der Waals surface area contributed by atoms with Gasteiger partial charge < -0.3 is 16.2 Å². The number of benzene rings is 1. The molecule has 0 aliphatic carbocycles. The quantitative estimate of drug-likeness (QED) is 0.710. The Morgan fingerprint density at radius 2 is 2.00 bits per heavy atom. The summed E-state index contributed by atoms with van der Waals surface area (Å²) in [6, 6.07) is 7.32. The Hall–Kier alpha value is -1.55. The van der Waals surface area contributed by atoms with Crippen molar-refractivity contribution >= 4 is 11.6 Å². The molecule has 0 radical (unpaired) electrons. The summed E-state index contributed by atoms with van der Waals surface area (Å²) in [6.45, 7) is 2.24. The van der Waals surface area contributed by atoms with Crippen LogP contribution in [0.2, 0.25) is 0 Å². The molecule has 1 rings (SSSR count). The zero-order valence-electron chi connectivity index (χ0n) is 8.77. The molecule has 4 nitrogen and oxygen atoms in total. The number of hydrogen-bond acceptors (Lipinski definition) is 3. The average molecular weight is 208 g/mol. The van der Waals surface area contributed by atoms with Crippen molar-refractivity contribution in [3.05, 3.63) is 29.8 Å². The van der Waals surface area contributed by atoms with Gasteiger partial charge in [-0.05, 0) is 24.1 Å². The Bertz CT molecular complexity index is 322. The first-order valence-corrected chi connectivity index (χ1v) is 4.88. The van der Waals surface area contributed by atoms with Crippen LogP contribution < -0.4 is 11.5 Å². The van der Waals surface area contributed by atoms with Gasteiger partial charge in [0.2, 0.25) is 5.91 Å². The average Bonchev–Trinajstić information content (AvgIpc) is 2.21. The maximum atomic E-state index is 10.9. The number of nitrogen functional groups attached to an aromatic ring is 1. The minimum atomic E-state index is -0.512. The molecule has 0 aliphatic rings. The summed E-state index contributed by atoms with van der Waals surface area (Å²) in [5, 5.41) is 0. The first-order chi connectivity index (χ1) is 7.13. The largest absolute Gasteiger partial charge is 0.399 e. The van der Waals surface area contributed by atoms with Crippen molar-refractivity contribution in [1.29, 1.82) is 0 Å². The van der Waals surface area contributed by atoms with Gasteiger partial charge in [0.1, 0.15) is 6.10 Å². The van der Waals surface area contributed by atoms with E-state index >= 15 is 0 Å². The molecule has 1 unspecified atom stereocenters. The molecular weight excluding hydrogens is 192 g/mol. The van der Waals surface area contributed by atoms with Crippen LogP contribution in [-0.4, -0.2) is 12.0 Å². The summed E-state index contributed by atoms with van der Waals surface area (Å²) in [7, 11) is 0. The number of nitrogens with two attached hydrogens (primary N) is 2. The van der Waals surface area contributed by atoms with Crippen LogP contribution in [-0.2, 0) is 16.1 Å². The zero-order chi connectivity index (χ0) is 11.3. The highest BCUT2D eigenvalue weighted by molar-refractivity contribution is 5.78. The highest BCUT2D eigenvalue weighted by atomic mass is 16.5. The number of hydrogen-bond donors (Lipinski definition) is 2. The molecule has 15 heavy (non-hydrogen) atoms. The SMILES string of the molecule is CCC(OCc1ccc(N)cc1)C(N)=O. The number of carbonyl (C=O) groups is 1. The molecule has 0 saturated heterocycles. The van der Waals surface area contributed by atoms with E-state index in [4.69, 9.17) is 16.2 Å². The Morgan fingerprint density at radius 3 is 2.47 bits per heavy atom. The second-order valence-corrected chi connectivity index (χ2v) is 3.35. The summed E-state index contributed by atoms with van der Waals surface area (Å²) < 4.78 is 5.36. The molecule has 82 valence electrons. The monoisotopic (exact) mass is 208 g/mol. The topological polar surface area (TPSA) is 78.3 Å². The van der Waals surface area contributed by atoms with E-state index in [1.54, 1.807) is 12.1 Å². The van der Waals surface area contributed by atoms with Crippen molar-refractivity contribution in [3.8, 4) is 0 Å². The Morgan fingerprint density at radius 1 is 1.40 bits per heavy atom. The number of ether oxygens (including phenoxy) is 1. The van der Waals surface area contributed by atoms with E-state index in [-0.39, 0.29) is 0 Å². The van der Waals surface area contributed by atoms with Crippen molar-refractivity contribution < 1.29 is 9.53 Å². The number of anilines is 1. The molecule has 0 saturated carbocycles. The molecule has 0 heterocycles. The molecule has 4 N–H and O–H groups in total. The normalized spacial score (nSPS) is 12.3. The second-order valence-electron chi connectivity index (χ2n) is 3.35. The number of carbonyl (C=O) groups excluding carboxylic acids is 1. The molecule has 0 fully saturated rings. The summed E-state index contributed by atoms with van der Waals surface area (Å²) in [5.74, 6) is -0.423. The predicted molar refractivity (Wildman–Crippen MR) is 58.9 cm³/mol. The summed E-state index contributed by atoms with van der Waals surface area (Å²) in [5.41, 5.74) is 12.4. The van der Waals surface area contributed by atoms with Crippen LogP contribution in [0.5, 0.6) is 0 Å². The highest BCUT2D eigenvalue weighted by Gasteiger charge is 2.12. The minimum absolute atomic E-state index is 0.377. The van der Waals surface area contributed by atoms with Crippen molar-refractivity contribution in [2.75, 3.05) is 5.73 Å². The summed E-state index contributed by atoms with van der Waals surface area (Å²) >= 11 is 0. The first-order valence-electron chi connectivity index (χ1n) is 4.88. The molecular formula is C11H16N2O2. The lowest BCUT2D eigenvalue weighted by Crippen LogP contribution is -2.30. The Labute approximate surface area is 89.2 Å². The van der Waals surface area contributed by atoms with E-state index < -0.39 is 12.0 Å². The summed E-state index contributed by atoms with van der Waals surface area (Å²) in [6.07, 6.45) is 0.0761. The van der Waals surface area contributed by atoms with Crippen LogP contribution in [0, 0.1) is 0 Å². The van der Waals surface area contributed by atoms with Gasteiger partial charge in [0.15, 0.2) is 0 Å². The third kappa shape index (κ3) is 3.59. The fraction of sp³-hybridized carbons (Fsp3) is 0.364. The fourth-order valence-corrected chi connectivity index (χ4v) is 1.21. The van der Waals surface area contributed by atoms with Crippen LogP contribution in [0.15, 0.2) is 24.3 Å². The van der Waals surface area contributed by atoms with Crippen LogP contribution >= 0.6 is 0 Å². The molecule has 0 aliphatic heterocycles. The number of rotatable bonds is 5. The van der Waals surface area contributed by atoms with E-state index in [0.29, 0.717) is 18.7 Å². The van der Waals surface area contributed by atoms with E-state index in [0.717, 1.165) is 5.56 Å². The van der Waals surface area contributed by atoms with Gasteiger partial charge in [-0.1, -0.05) is 19.1 Å². The summed E-state index contributed by atoms with van der Waals surface area (Å²) in [4.78, 5) is 10.9. The lowest BCUT2D eigenvalue weighted by Gasteiger charge is -2.12. The third-order valence-corrected chi connectivity index (χ3v) is 2.12. The molecule has 0 spiro atoms. The van der Waals surface area contributed by atoms with Crippen LogP contribution in [0.4, 0.5) is 5.69 Å². The molecule has 4 heteroatoms. The minimum Gasteiger partial charge on any atom is -0.399 e. The van der Waals surface area contributed by atoms with Gasteiger partial charge in [0.25, 0.3) is 0 Å². The Kier molecular flexibility index (Phi) is 4.12. The van der Waals surface area contributed by atoms with Gasteiger partial charge in [-0.25, -0.2) is 0 Å². The van der Waals surface area contributed by atoms with E-state index in [2.05, 4.69) is 0 Å². The predicted octanol–water partition coefficient (Wildman–Crippen LogP) is 1.05. The van der Waals surface area contributed by atoms with Crippen LogP contribution in [0.25, 0.3) is 0 Å². The van der Waals surface area contributed by atoms with Gasteiger partial charge in [-0.3, -0.25) is 4.79 Å². The molecule has 1 amide bonds. The maximum absolute atomic E-state index is 10.9. The zero-order valence-corrected chi connectivity index (χ0v) is 8.77. The second kappa shape index (κ2) is 5.36. The van der Waals surface area contributed by atoms with Crippen molar-refractivity contribution in [2.45, 2.75) is 26.1 Å². The number of primary amides is 1. The molecule has 0 aromatic heterocycles. The number of amides is 1. The standard InChI is InChI=1S/C11H16N2O2/c1-2-10(11(13)14)15-7-8-3-5-9(12)6-4-8/h3-6,10H,2,7,12H2,1H3,(H2,13,14). The molecule has 1 aromatic rings. The maximum Gasteiger partial charge on any atom is 0.246 e. The molecule has 1 aromatic carbocycles. The highest BCUT2D eigenvalue weighted by Crippen LogP contribution is 2.08. The first kappa shape index (κ1) is 11.5. The van der Waals surface area contributed by atoms with Crippen molar-refractivity contribution in [3.63, 3.8) is 0 Å². The van der Waals surface area contributed by atoms with E-state index in [1.807, 2.05) is 19.1 Å². The van der Waals surface area contributed by atoms with E-state index in [1.165, 1.54) is 0 Å². The van der Waals surface area contributed by atoms with Gasteiger partial charge >= 0.3 is 0 Å². The van der Waals surface area contributed by atoms with Crippen molar-refractivity contribution in [1.82, 2.24) is 0 Å². The fourth-order valence-electron chi connectivity index (χ4n) is 1.21. The Balaban J connectivity index is 2.49. The van der Waals surface area contributed by atoms with Gasteiger partial charge in [0, 0.05) is 5.69 Å². The lowest BCUT2D eigenvalue weighted by molar-refractivity contribution is -0.130. The lowest BCUT2D eigenvalue weighted by atomic mass is 10.2. The van der Waals surface area contributed by atoms with Gasteiger partial charge in [-0.15, -0.1) is 0 Å². The molecule has 1 atom stereocenters. The van der Waals surface area contributed by atoms with Crippen LogP contribution in [0.1, 0.15) is 18.9 Å². The smallest absolute Gasteiger partial charge is 0.246 e. The van der Waals surface area contributed by atoms with Crippen LogP contribution in [0.3, 0.4) is 0 Å². The molecule has 0 bridgehead atoms.